The van der Waals surface area contributed by atoms with Crippen molar-refractivity contribution in [2.75, 3.05) is 11.5 Å². The molecular weight excluding hydrogens is 366 g/mol. The number of anilines is 2. The summed E-state index contributed by atoms with van der Waals surface area (Å²) in [6.07, 6.45) is 0. The fourth-order valence-electron chi connectivity index (χ4n) is 1.82. The van der Waals surface area contributed by atoms with Crippen LogP contribution >= 0.6 is 34.7 Å². The lowest BCUT2D eigenvalue weighted by molar-refractivity contribution is 0.305. The molecule has 0 atom stereocenters. The zero-order valence-electron chi connectivity index (χ0n) is 12.5. The van der Waals surface area contributed by atoms with E-state index in [0.29, 0.717) is 34.2 Å². The normalized spacial score (nSPS) is 10.7. The first-order valence-corrected chi connectivity index (χ1v) is 9.17. The second-order valence-electron chi connectivity index (χ2n) is 4.76. The summed E-state index contributed by atoms with van der Waals surface area (Å²) in [5, 5.41) is 4.11. The minimum Gasteiger partial charge on any atom is -0.486 e. The fourth-order valence-corrected chi connectivity index (χ4v) is 3.52. The van der Waals surface area contributed by atoms with Gasteiger partial charge in [-0.2, -0.15) is 0 Å². The Kier molecular flexibility index (Phi) is 5.39. The first-order chi connectivity index (χ1) is 11.6. The van der Waals surface area contributed by atoms with Crippen LogP contribution in [0.1, 0.15) is 10.7 Å². The highest BCUT2D eigenvalue weighted by atomic mass is 35.5. The lowest BCUT2D eigenvalue weighted by Gasteiger charge is -2.03. The van der Waals surface area contributed by atoms with E-state index in [1.165, 1.54) is 17.8 Å². The number of ether oxygens (including phenoxy) is 1. The third kappa shape index (κ3) is 4.73. The largest absolute Gasteiger partial charge is 0.486 e. The number of hydrogen-bond donors (Lipinski definition) is 2. The van der Waals surface area contributed by atoms with Gasteiger partial charge in [0.15, 0.2) is 5.16 Å². The van der Waals surface area contributed by atoms with Gasteiger partial charge in [-0.25, -0.2) is 15.0 Å². The fraction of sp³-hybridized carbons (Fsp3) is 0.133. The molecular formula is C15H14ClN5OS2. The molecule has 0 amide bonds. The van der Waals surface area contributed by atoms with Crippen molar-refractivity contribution in [3.63, 3.8) is 0 Å². The molecule has 0 saturated heterocycles. The molecule has 24 heavy (non-hydrogen) atoms. The first kappa shape index (κ1) is 16.8. The van der Waals surface area contributed by atoms with Crippen LogP contribution in [0.25, 0.3) is 0 Å². The summed E-state index contributed by atoms with van der Waals surface area (Å²) >= 11 is 8.83. The van der Waals surface area contributed by atoms with Gasteiger partial charge in [0.05, 0.1) is 5.69 Å². The van der Waals surface area contributed by atoms with E-state index in [1.807, 2.05) is 17.5 Å². The average molecular weight is 380 g/mol. The highest BCUT2D eigenvalue weighted by Gasteiger charge is 2.07. The minimum absolute atomic E-state index is 0.361. The van der Waals surface area contributed by atoms with Crippen LogP contribution in [-0.4, -0.2) is 15.0 Å². The maximum atomic E-state index is 5.84. The summed E-state index contributed by atoms with van der Waals surface area (Å²) in [6, 6.07) is 8.76. The van der Waals surface area contributed by atoms with Crippen LogP contribution in [0.15, 0.2) is 40.9 Å². The maximum absolute atomic E-state index is 5.84. The smallest absolute Gasteiger partial charge is 0.191 e. The molecule has 0 saturated carbocycles. The lowest BCUT2D eigenvalue weighted by atomic mass is 10.3. The summed E-state index contributed by atoms with van der Waals surface area (Å²) in [5.74, 6) is 2.12. The van der Waals surface area contributed by atoms with Gasteiger partial charge in [-0.05, 0) is 24.3 Å². The van der Waals surface area contributed by atoms with Crippen molar-refractivity contribution in [1.82, 2.24) is 15.0 Å². The predicted molar refractivity (Wildman–Crippen MR) is 98.3 cm³/mol. The number of hydrogen-bond acceptors (Lipinski definition) is 8. The van der Waals surface area contributed by atoms with Gasteiger partial charge >= 0.3 is 0 Å². The highest BCUT2D eigenvalue weighted by Crippen LogP contribution is 2.23. The van der Waals surface area contributed by atoms with Crippen LogP contribution in [0.5, 0.6) is 5.75 Å². The number of nitrogens with two attached hydrogens (primary N) is 2. The molecule has 3 rings (SSSR count). The summed E-state index contributed by atoms with van der Waals surface area (Å²) in [5.41, 5.74) is 12.2. The molecule has 0 aliphatic rings. The Labute approximate surface area is 152 Å². The van der Waals surface area contributed by atoms with E-state index in [2.05, 4.69) is 15.0 Å². The molecule has 0 radical (unpaired) electrons. The van der Waals surface area contributed by atoms with Crippen molar-refractivity contribution in [2.45, 2.75) is 17.5 Å². The standard InChI is InChI=1S/C15H14ClN5OS2/c16-9-1-3-11(4-2-9)22-6-14-19-10(7-23-14)8-24-15-20-12(17)5-13(18)21-15/h1-5,7H,6,8H2,(H4,17,18,20,21). The second-order valence-corrected chi connectivity index (χ2v) is 7.09. The van der Waals surface area contributed by atoms with E-state index >= 15 is 0 Å². The third-order valence-corrected chi connectivity index (χ3v) is 4.87. The van der Waals surface area contributed by atoms with Crippen molar-refractivity contribution in [3.8, 4) is 5.75 Å². The molecule has 9 heteroatoms. The van der Waals surface area contributed by atoms with E-state index in [1.54, 1.807) is 23.5 Å². The van der Waals surface area contributed by atoms with Gasteiger partial charge in [0.25, 0.3) is 0 Å². The molecule has 0 fully saturated rings. The number of thiazole rings is 1. The number of benzene rings is 1. The predicted octanol–water partition coefficient (Wildman–Crippen LogP) is 3.62. The number of nitrogen functional groups attached to an aromatic ring is 2. The Morgan fingerprint density at radius 3 is 2.50 bits per heavy atom. The third-order valence-electron chi connectivity index (χ3n) is 2.87. The lowest BCUT2D eigenvalue weighted by Crippen LogP contribution is -1.99. The van der Waals surface area contributed by atoms with E-state index in [0.717, 1.165) is 16.5 Å². The van der Waals surface area contributed by atoms with E-state index in [9.17, 15) is 0 Å². The number of aromatic nitrogens is 3. The molecule has 124 valence electrons. The molecule has 3 aromatic rings. The van der Waals surface area contributed by atoms with E-state index < -0.39 is 0 Å². The van der Waals surface area contributed by atoms with Gasteiger partial charge in [0, 0.05) is 22.2 Å². The number of nitrogens with zero attached hydrogens (tertiary/aromatic N) is 3. The van der Waals surface area contributed by atoms with Gasteiger partial charge in [-0.15, -0.1) is 11.3 Å². The zero-order chi connectivity index (χ0) is 16.9. The second kappa shape index (κ2) is 7.69. The average Bonchev–Trinajstić information content (AvgIpc) is 2.99. The first-order valence-electron chi connectivity index (χ1n) is 6.93. The molecule has 6 nitrogen and oxygen atoms in total. The summed E-state index contributed by atoms with van der Waals surface area (Å²) in [4.78, 5) is 12.8. The minimum atomic E-state index is 0.361. The SMILES string of the molecule is Nc1cc(N)nc(SCc2csc(COc3ccc(Cl)cc3)n2)n1. The van der Waals surface area contributed by atoms with Crippen molar-refractivity contribution in [3.05, 3.63) is 51.4 Å². The van der Waals surface area contributed by atoms with Crippen LogP contribution in [0, 0.1) is 0 Å². The molecule has 2 heterocycles. The van der Waals surface area contributed by atoms with Crippen LogP contribution in [0.4, 0.5) is 11.6 Å². The molecule has 4 N–H and O–H groups in total. The number of halogens is 1. The maximum Gasteiger partial charge on any atom is 0.191 e. The van der Waals surface area contributed by atoms with Gasteiger partial charge in [0.1, 0.15) is 29.0 Å². The number of thioether (sulfide) groups is 1. The van der Waals surface area contributed by atoms with Crippen LogP contribution in [-0.2, 0) is 12.4 Å². The summed E-state index contributed by atoms with van der Waals surface area (Å²) in [6.45, 7) is 0.415. The van der Waals surface area contributed by atoms with Crippen molar-refractivity contribution in [2.24, 2.45) is 0 Å². The Balaban J connectivity index is 1.54. The summed E-state index contributed by atoms with van der Waals surface area (Å²) < 4.78 is 5.68. The Morgan fingerprint density at radius 2 is 1.79 bits per heavy atom. The van der Waals surface area contributed by atoms with Gasteiger partial charge < -0.3 is 16.2 Å². The van der Waals surface area contributed by atoms with Crippen LogP contribution in [0.2, 0.25) is 5.02 Å². The van der Waals surface area contributed by atoms with Crippen molar-refractivity contribution >= 4 is 46.3 Å². The monoisotopic (exact) mass is 379 g/mol. The topological polar surface area (TPSA) is 99.9 Å². The van der Waals surface area contributed by atoms with E-state index in [-0.39, 0.29) is 0 Å². The van der Waals surface area contributed by atoms with Crippen LogP contribution in [0.3, 0.4) is 0 Å². The molecule has 1 aromatic carbocycles. The highest BCUT2D eigenvalue weighted by molar-refractivity contribution is 7.98. The van der Waals surface area contributed by atoms with E-state index in [4.69, 9.17) is 27.8 Å². The van der Waals surface area contributed by atoms with Gasteiger partial charge in [-0.3, -0.25) is 0 Å². The van der Waals surface area contributed by atoms with Crippen molar-refractivity contribution < 1.29 is 4.74 Å². The molecule has 0 spiro atoms. The quantitative estimate of drug-likeness (QED) is 0.498. The Bertz CT molecular complexity index is 805. The van der Waals surface area contributed by atoms with Gasteiger partial charge in [-0.1, -0.05) is 23.4 Å². The Hall–Kier alpha value is -2.03. The molecule has 0 aliphatic heterocycles. The molecule has 0 unspecified atom stereocenters. The summed E-state index contributed by atoms with van der Waals surface area (Å²) in [7, 11) is 0. The van der Waals surface area contributed by atoms with Crippen LogP contribution < -0.4 is 16.2 Å². The zero-order valence-corrected chi connectivity index (χ0v) is 14.9. The number of rotatable bonds is 6. The van der Waals surface area contributed by atoms with Crippen molar-refractivity contribution in [1.29, 1.82) is 0 Å². The molecule has 0 bridgehead atoms. The van der Waals surface area contributed by atoms with Gasteiger partial charge in [0.2, 0.25) is 0 Å². The molecule has 0 aliphatic carbocycles. The molecule has 2 aromatic heterocycles. The Morgan fingerprint density at radius 1 is 1.08 bits per heavy atom.